The first kappa shape index (κ1) is 13.8. The summed E-state index contributed by atoms with van der Waals surface area (Å²) in [5, 5.41) is 9.54. The Kier molecular flexibility index (Phi) is 5.10. The molecule has 2 rings (SSSR count). The fourth-order valence-electron chi connectivity index (χ4n) is 3.63. The summed E-state index contributed by atoms with van der Waals surface area (Å²) in [7, 11) is 0. The van der Waals surface area contributed by atoms with Crippen molar-refractivity contribution in [1.29, 1.82) is 0 Å². The van der Waals surface area contributed by atoms with Gasteiger partial charge in [0.05, 0.1) is 5.41 Å². The van der Waals surface area contributed by atoms with Crippen LogP contribution in [0.5, 0.6) is 0 Å². The number of carboxylic acid groups (broad SMARTS) is 1. The van der Waals surface area contributed by atoms with Crippen LogP contribution in [0, 0.1) is 11.3 Å². The third-order valence-corrected chi connectivity index (χ3v) is 4.56. The van der Waals surface area contributed by atoms with E-state index in [-0.39, 0.29) is 17.8 Å². The minimum absolute atomic E-state index is 0. The summed E-state index contributed by atoms with van der Waals surface area (Å²) in [6.45, 7) is 0. The fourth-order valence-corrected chi connectivity index (χ4v) is 3.63. The van der Waals surface area contributed by atoms with Crippen molar-refractivity contribution in [2.24, 2.45) is 11.3 Å². The van der Waals surface area contributed by atoms with Crippen molar-refractivity contribution in [3.63, 3.8) is 0 Å². The molecule has 0 aromatic heterocycles. The smallest absolute Gasteiger partial charge is 0.309 e. The molecule has 2 nitrogen and oxygen atoms in total. The van der Waals surface area contributed by atoms with Gasteiger partial charge in [0.1, 0.15) is 0 Å². The lowest BCUT2D eigenvalue weighted by Gasteiger charge is -2.42. The molecule has 0 radical (unpaired) electrons. The van der Waals surface area contributed by atoms with Crippen molar-refractivity contribution in [3.8, 4) is 0 Å². The molecule has 2 aliphatic carbocycles. The monoisotopic (exact) mass is 246 g/mol. The molecule has 3 heteroatoms. The van der Waals surface area contributed by atoms with E-state index < -0.39 is 5.97 Å². The molecule has 0 aliphatic heterocycles. The van der Waals surface area contributed by atoms with E-state index in [0.717, 1.165) is 38.5 Å². The van der Waals surface area contributed by atoms with Gasteiger partial charge in [-0.2, -0.15) is 0 Å². The van der Waals surface area contributed by atoms with Crippen LogP contribution in [0.15, 0.2) is 0 Å². The van der Waals surface area contributed by atoms with Gasteiger partial charge in [-0.05, 0) is 31.6 Å². The Morgan fingerprint density at radius 3 is 1.94 bits per heavy atom. The number of rotatable bonds is 2. The summed E-state index contributed by atoms with van der Waals surface area (Å²) in [4.78, 5) is 11.6. The van der Waals surface area contributed by atoms with Crippen molar-refractivity contribution in [1.82, 2.24) is 0 Å². The topological polar surface area (TPSA) is 37.3 Å². The van der Waals surface area contributed by atoms with E-state index in [1.807, 2.05) is 0 Å². The molecule has 0 atom stereocenters. The molecular weight excluding hydrogens is 224 g/mol. The quantitative estimate of drug-likeness (QED) is 0.799. The van der Waals surface area contributed by atoms with E-state index in [4.69, 9.17) is 0 Å². The molecule has 0 amide bonds. The third-order valence-electron chi connectivity index (χ3n) is 4.56. The predicted molar refractivity (Wildman–Crippen MR) is 67.0 cm³/mol. The standard InChI is InChI=1S/C13H22O2.ClH/c14-12(15)13(9-5-2-6-10-13)11-7-3-1-4-8-11;/h11H,1-10H2,(H,14,15);1H. The Morgan fingerprint density at radius 2 is 1.44 bits per heavy atom. The minimum atomic E-state index is -0.505. The Morgan fingerprint density at radius 1 is 0.938 bits per heavy atom. The zero-order valence-electron chi connectivity index (χ0n) is 9.91. The Balaban J connectivity index is 0.00000128. The van der Waals surface area contributed by atoms with Gasteiger partial charge in [-0.25, -0.2) is 0 Å². The van der Waals surface area contributed by atoms with E-state index in [9.17, 15) is 9.90 Å². The summed E-state index contributed by atoms with van der Waals surface area (Å²) < 4.78 is 0. The first-order valence-electron chi connectivity index (χ1n) is 6.49. The molecule has 0 aromatic rings. The largest absolute Gasteiger partial charge is 0.481 e. The molecule has 0 spiro atoms. The van der Waals surface area contributed by atoms with Gasteiger partial charge >= 0.3 is 5.97 Å². The van der Waals surface area contributed by atoms with Gasteiger partial charge in [-0.3, -0.25) is 4.79 Å². The van der Waals surface area contributed by atoms with E-state index in [0.29, 0.717) is 5.92 Å². The van der Waals surface area contributed by atoms with Crippen LogP contribution >= 0.6 is 12.4 Å². The van der Waals surface area contributed by atoms with Crippen molar-refractivity contribution < 1.29 is 9.90 Å². The zero-order chi connectivity index (χ0) is 10.7. The fraction of sp³-hybridized carbons (Fsp3) is 0.923. The van der Waals surface area contributed by atoms with E-state index in [1.54, 1.807) is 0 Å². The molecule has 2 fully saturated rings. The third kappa shape index (κ3) is 2.53. The predicted octanol–water partition coefficient (Wildman–Crippen LogP) is 4.02. The highest BCUT2D eigenvalue weighted by atomic mass is 35.5. The summed E-state index contributed by atoms with van der Waals surface area (Å²) in [5.74, 6) is -0.0295. The van der Waals surface area contributed by atoms with Crippen molar-refractivity contribution in [2.75, 3.05) is 0 Å². The Labute approximate surface area is 104 Å². The Hall–Kier alpha value is -0.240. The average Bonchev–Trinajstić information content (AvgIpc) is 2.31. The van der Waals surface area contributed by atoms with Crippen LogP contribution in [0.25, 0.3) is 0 Å². The lowest BCUT2D eigenvalue weighted by molar-refractivity contribution is -0.156. The van der Waals surface area contributed by atoms with Crippen LogP contribution in [0.4, 0.5) is 0 Å². The molecule has 2 aliphatic rings. The van der Waals surface area contributed by atoms with Crippen LogP contribution in [0.1, 0.15) is 64.2 Å². The molecule has 94 valence electrons. The van der Waals surface area contributed by atoms with Crippen LogP contribution in [-0.2, 0) is 4.79 Å². The summed E-state index contributed by atoms with van der Waals surface area (Å²) in [5.41, 5.74) is -0.335. The Bertz CT molecular complexity index is 228. The maximum atomic E-state index is 11.6. The SMILES string of the molecule is Cl.O=C(O)C1(C2CCCCC2)CCCCC1. The molecule has 2 saturated carbocycles. The van der Waals surface area contributed by atoms with Crippen LogP contribution in [0.3, 0.4) is 0 Å². The van der Waals surface area contributed by atoms with E-state index in [1.165, 1.54) is 25.7 Å². The van der Waals surface area contributed by atoms with Gasteiger partial charge in [0.2, 0.25) is 0 Å². The average molecular weight is 247 g/mol. The van der Waals surface area contributed by atoms with Gasteiger partial charge in [0, 0.05) is 0 Å². The van der Waals surface area contributed by atoms with Gasteiger partial charge in [0.25, 0.3) is 0 Å². The number of aliphatic carboxylic acids is 1. The van der Waals surface area contributed by atoms with Gasteiger partial charge in [-0.1, -0.05) is 38.5 Å². The molecule has 0 heterocycles. The normalized spacial score (nSPS) is 25.8. The molecule has 0 saturated heterocycles. The maximum absolute atomic E-state index is 11.6. The lowest BCUT2D eigenvalue weighted by Crippen LogP contribution is -2.41. The second kappa shape index (κ2) is 5.90. The number of carboxylic acids is 1. The van der Waals surface area contributed by atoms with Gasteiger partial charge in [0.15, 0.2) is 0 Å². The minimum Gasteiger partial charge on any atom is -0.481 e. The maximum Gasteiger partial charge on any atom is 0.309 e. The lowest BCUT2D eigenvalue weighted by atomic mass is 9.62. The molecule has 0 unspecified atom stereocenters. The number of hydrogen-bond acceptors (Lipinski definition) is 1. The number of carbonyl (C=O) groups is 1. The van der Waals surface area contributed by atoms with E-state index in [2.05, 4.69) is 0 Å². The summed E-state index contributed by atoms with van der Waals surface area (Å²) in [6.07, 6.45) is 11.5. The highest BCUT2D eigenvalue weighted by molar-refractivity contribution is 5.85. The van der Waals surface area contributed by atoms with Crippen molar-refractivity contribution >= 4 is 18.4 Å². The first-order valence-corrected chi connectivity index (χ1v) is 6.49. The van der Waals surface area contributed by atoms with Gasteiger partial charge < -0.3 is 5.11 Å². The highest BCUT2D eigenvalue weighted by Gasteiger charge is 2.46. The number of halogens is 1. The molecule has 1 N–H and O–H groups in total. The van der Waals surface area contributed by atoms with Crippen molar-refractivity contribution in [3.05, 3.63) is 0 Å². The highest BCUT2D eigenvalue weighted by Crippen LogP contribution is 2.48. The molecule has 0 aromatic carbocycles. The summed E-state index contributed by atoms with van der Waals surface area (Å²) >= 11 is 0. The van der Waals surface area contributed by atoms with Gasteiger partial charge in [-0.15, -0.1) is 12.4 Å². The first-order chi connectivity index (χ1) is 7.26. The van der Waals surface area contributed by atoms with Crippen molar-refractivity contribution in [2.45, 2.75) is 64.2 Å². The number of hydrogen-bond donors (Lipinski definition) is 1. The molecule has 0 bridgehead atoms. The van der Waals surface area contributed by atoms with Crippen LogP contribution < -0.4 is 0 Å². The van der Waals surface area contributed by atoms with Crippen LogP contribution in [-0.4, -0.2) is 11.1 Å². The second-order valence-corrected chi connectivity index (χ2v) is 5.36. The molecule has 16 heavy (non-hydrogen) atoms. The molecular formula is C13H23ClO2. The zero-order valence-corrected chi connectivity index (χ0v) is 10.7. The van der Waals surface area contributed by atoms with E-state index >= 15 is 0 Å². The van der Waals surface area contributed by atoms with Crippen LogP contribution in [0.2, 0.25) is 0 Å². The summed E-state index contributed by atoms with van der Waals surface area (Å²) in [6, 6.07) is 0. The second-order valence-electron chi connectivity index (χ2n) is 5.36.